The van der Waals surface area contributed by atoms with Crippen molar-refractivity contribution in [2.75, 3.05) is 0 Å². The van der Waals surface area contributed by atoms with Crippen molar-refractivity contribution in [3.63, 3.8) is 0 Å². The summed E-state index contributed by atoms with van der Waals surface area (Å²) in [5, 5.41) is 10.7. The van der Waals surface area contributed by atoms with Crippen LogP contribution in [0.15, 0.2) is 48.8 Å². The summed E-state index contributed by atoms with van der Waals surface area (Å²) in [6, 6.07) is 15.9. The van der Waals surface area contributed by atoms with E-state index < -0.39 is 12.1 Å². The Balaban J connectivity index is 0.000000260. The van der Waals surface area contributed by atoms with Gasteiger partial charge in [-0.25, -0.2) is 9.78 Å². The molecule has 0 atom stereocenters. The molecule has 1 heterocycles. The molecule has 1 saturated carbocycles. The van der Waals surface area contributed by atoms with Gasteiger partial charge in [-0.1, -0.05) is 30.3 Å². The van der Waals surface area contributed by atoms with Gasteiger partial charge in [-0.3, -0.25) is 0 Å². The summed E-state index contributed by atoms with van der Waals surface area (Å²) in [6.07, 6.45) is -0.676. The number of carboxylic acid groups (broad SMARTS) is 1. The molecule has 1 aliphatic carbocycles. The Morgan fingerprint density at radius 1 is 1.15 bits per heavy atom. The molecule has 0 amide bonds. The largest absolute Gasteiger partial charge is 0.490 e. The summed E-state index contributed by atoms with van der Waals surface area (Å²) < 4.78 is 31.7. The Bertz CT molecular complexity index is 916. The topological polar surface area (TPSA) is 78.0 Å². The average Bonchev–Trinajstić information content (AvgIpc) is 3.35. The van der Waals surface area contributed by atoms with E-state index in [1.807, 2.05) is 0 Å². The number of aromatic nitrogens is 2. The van der Waals surface area contributed by atoms with E-state index in [-0.39, 0.29) is 0 Å². The van der Waals surface area contributed by atoms with Crippen LogP contribution in [0.1, 0.15) is 18.4 Å². The lowest BCUT2D eigenvalue weighted by Gasteiger charge is -2.06. The SMILES string of the molecule is O=C(O)C(F)(F)F.c1nc2cc(-c3ccc(CNC4CC4)cc3)ccc2[nH]1. The fourth-order valence-corrected chi connectivity index (χ4v) is 2.48. The summed E-state index contributed by atoms with van der Waals surface area (Å²) in [7, 11) is 0. The first-order valence-electron chi connectivity index (χ1n) is 8.39. The summed E-state index contributed by atoms with van der Waals surface area (Å²) >= 11 is 0. The van der Waals surface area contributed by atoms with E-state index >= 15 is 0 Å². The highest BCUT2D eigenvalue weighted by molar-refractivity contribution is 5.81. The van der Waals surface area contributed by atoms with E-state index in [0.717, 1.165) is 23.6 Å². The summed E-state index contributed by atoms with van der Waals surface area (Å²) in [4.78, 5) is 16.3. The van der Waals surface area contributed by atoms with Crippen molar-refractivity contribution in [3.05, 3.63) is 54.4 Å². The number of hydrogen-bond acceptors (Lipinski definition) is 3. The molecule has 1 fully saturated rings. The number of halogens is 3. The zero-order valence-corrected chi connectivity index (χ0v) is 14.3. The fourth-order valence-electron chi connectivity index (χ4n) is 2.48. The van der Waals surface area contributed by atoms with E-state index in [4.69, 9.17) is 9.90 Å². The number of hydrogen-bond donors (Lipinski definition) is 3. The van der Waals surface area contributed by atoms with Gasteiger partial charge in [-0.15, -0.1) is 0 Å². The van der Waals surface area contributed by atoms with Crippen LogP contribution in [0, 0.1) is 0 Å². The van der Waals surface area contributed by atoms with Gasteiger partial charge in [-0.2, -0.15) is 13.2 Å². The second kappa shape index (κ2) is 7.79. The van der Waals surface area contributed by atoms with Crippen LogP contribution in [0.4, 0.5) is 13.2 Å². The first-order valence-corrected chi connectivity index (χ1v) is 8.39. The van der Waals surface area contributed by atoms with Crippen molar-refractivity contribution in [2.45, 2.75) is 31.6 Å². The molecule has 3 aromatic rings. The molecular formula is C19H18F3N3O2. The number of rotatable bonds is 4. The molecule has 0 radical (unpaired) electrons. The second-order valence-corrected chi connectivity index (χ2v) is 6.29. The minimum Gasteiger partial charge on any atom is -0.475 e. The first kappa shape index (κ1) is 18.9. The van der Waals surface area contributed by atoms with Crippen LogP contribution in [0.5, 0.6) is 0 Å². The molecule has 3 N–H and O–H groups in total. The summed E-state index contributed by atoms with van der Waals surface area (Å²) in [5.74, 6) is -2.76. The minimum atomic E-state index is -5.08. The predicted octanol–water partition coefficient (Wildman–Crippen LogP) is 4.12. The molecule has 1 aliphatic rings. The number of alkyl halides is 3. The Morgan fingerprint density at radius 2 is 1.78 bits per heavy atom. The van der Waals surface area contributed by atoms with Crippen LogP contribution in [-0.2, 0) is 11.3 Å². The molecule has 142 valence electrons. The third kappa shape index (κ3) is 5.30. The van der Waals surface area contributed by atoms with E-state index in [1.165, 1.54) is 29.5 Å². The van der Waals surface area contributed by atoms with Gasteiger partial charge in [-0.05, 0) is 41.7 Å². The predicted molar refractivity (Wildman–Crippen MR) is 95.1 cm³/mol. The highest BCUT2D eigenvalue weighted by Crippen LogP contribution is 2.24. The van der Waals surface area contributed by atoms with Gasteiger partial charge in [0, 0.05) is 12.6 Å². The van der Waals surface area contributed by atoms with Crippen LogP contribution in [0.3, 0.4) is 0 Å². The van der Waals surface area contributed by atoms with Crippen LogP contribution in [0.25, 0.3) is 22.2 Å². The second-order valence-electron chi connectivity index (χ2n) is 6.29. The van der Waals surface area contributed by atoms with Crippen LogP contribution >= 0.6 is 0 Å². The number of H-pyrrole nitrogens is 1. The highest BCUT2D eigenvalue weighted by Gasteiger charge is 2.38. The zero-order valence-electron chi connectivity index (χ0n) is 14.3. The highest BCUT2D eigenvalue weighted by atomic mass is 19.4. The van der Waals surface area contributed by atoms with Gasteiger partial charge in [0.2, 0.25) is 0 Å². The Morgan fingerprint density at radius 3 is 2.37 bits per heavy atom. The van der Waals surface area contributed by atoms with Crippen molar-refractivity contribution in [1.82, 2.24) is 15.3 Å². The minimum absolute atomic E-state index is 0.761. The number of nitrogens with one attached hydrogen (secondary N) is 2. The van der Waals surface area contributed by atoms with E-state index in [1.54, 1.807) is 6.33 Å². The molecule has 0 aliphatic heterocycles. The number of benzene rings is 2. The van der Waals surface area contributed by atoms with Gasteiger partial charge < -0.3 is 15.4 Å². The number of carbonyl (C=O) groups is 1. The maximum absolute atomic E-state index is 10.6. The van der Waals surface area contributed by atoms with Gasteiger partial charge >= 0.3 is 12.1 Å². The van der Waals surface area contributed by atoms with Gasteiger partial charge in [0.15, 0.2) is 0 Å². The smallest absolute Gasteiger partial charge is 0.475 e. The molecule has 8 heteroatoms. The Hall–Kier alpha value is -2.87. The molecule has 0 unspecified atom stereocenters. The van der Waals surface area contributed by atoms with Crippen molar-refractivity contribution in [3.8, 4) is 11.1 Å². The maximum atomic E-state index is 10.6. The summed E-state index contributed by atoms with van der Waals surface area (Å²) in [5.41, 5.74) is 5.90. The van der Waals surface area contributed by atoms with Crippen LogP contribution in [-0.4, -0.2) is 33.3 Å². The van der Waals surface area contributed by atoms with E-state index in [9.17, 15) is 13.2 Å². The maximum Gasteiger partial charge on any atom is 0.490 e. The molecule has 1 aromatic heterocycles. The number of carboxylic acids is 1. The van der Waals surface area contributed by atoms with Crippen molar-refractivity contribution in [1.29, 1.82) is 0 Å². The van der Waals surface area contributed by atoms with Crippen molar-refractivity contribution in [2.24, 2.45) is 0 Å². The van der Waals surface area contributed by atoms with Gasteiger partial charge in [0.05, 0.1) is 17.4 Å². The lowest BCUT2D eigenvalue weighted by molar-refractivity contribution is -0.192. The van der Waals surface area contributed by atoms with Crippen molar-refractivity contribution < 1.29 is 23.1 Å². The fraction of sp³-hybridized carbons (Fsp3) is 0.263. The third-order valence-electron chi connectivity index (χ3n) is 4.12. The molecule has 5 nitrogen and oxygen atoms in total. The van der Waals surface area contributed by atoms with Crippen LogP contribution < -0.4 is 5.32 Å². The standard InChI is InChI=1S/C17H17N3.C2HF3O2/c1-3-13(4-2-12(1)10-18-15-6-7-15)14-5-8-16-17(9-14)20-11-19-16;3-2(4,5)1(6)7/h1-5,8-9,11,15,18H,6-7,10H2,(H,19,20);(H,6,7). The first-order chi connectivity index (χ1) is 12.8. The molecule has 4 rings (SSSR count). The number of fused-ring (bicyclic) bond motifs is 1. The van der Waals surface area contributed by atoms with E-state index in [0.29, 0.717) is 0 Å². The Labute approximate surface area is 153 Å². The Kier molecular flexibility index (Phi) is 5.46. The normalized spacial score (nSPS) is 13.9. The number of imidazole rings is 1. The lowest BCUT2D eigenvalue weighted by atomic mass is 10.0. The molecule has 0 saturated heterocycles. The van der Waals surface area contributed by atoms with E-state index in [2.05, 4.69) is 57.7 Å². The third-order valence-corrected chi connectivity index (χ3v) is 4.12. The van der Waals surface area contributed by atoms with Gasteiger partial charge in [0.25, 0.3) is 0 Å². The lowest BCUT2D eigenvalue weighted by Crippen LogP contribution is -2.21. The molecular weight excluding hydrogens is 359 g/mol. The van der Waals surface area contributed by atoms with Gasteiger partial charge in [0.1, 0.15) is 0 Å². The number of aliphatic carboxylic acids is 1. The zero-order chi connectivity index (χ0) is 19.4. The quantitative estimate of drug-likeness (QED) is 0.639. The molecule has 0 bridgehead atoms. The summed E-state index contributed by atoms with van der Waals surface area (Å²) in [6.45, 7) is 0.976. The van der Waals surface area contributed by atoms with Crippen molar-refractivity contribution >= 4 is 17.0 Å². The monoisotopic (exact) mass is 377 g/mol. The average molecular weight is 377 g/mol. The number of aromatic amines is 1. The molecule has 27 heavy (non-hydrogen) atoms. The molecule has 2 aromatic carbocycles. The van der Waals surface area contributed by atoms with Crippen LogP contribution in [0.2, 0.25) is 0 Å². The number of nitrogens with zero attached hydrogens (tertiary/aromatic N) is 1. The molecule has 0 spiro atoms.